The minimum absolute atomic E-state index is 0.117. The minimum Gasteiger partial charge on any atom is -0.467 e. The summed E-state index contributed by atoms with van der Waals surface area (Å²) in [5.74, 6) is 0.00584. The molecule has 8 nitrogen and oxygen atoms in total. The molecular formula is C25H27N3O5S. The van der Waals surface area contributed by atoms with Gasteiger partial charge in [-0.2, -0.15) is 0 Å². The highest BCUT2D eigenvalue weighted by molar-refractivity contribution is 7.92. The van der Waals surface area contributed by atoms with E-state index in [0.29, 0.717) is 49.5 Å². The van der Waals surface area contributed by atoms with E-state index in [1.807, 2.05) is 6.92 Å². The SMILES string of the molecule is Cc1ccc(S(=O)(=O)Nc2cccc(C(=O)N3CCCC(C(=O)NCc4ccco4)C3)c2)cc1. The fourth-order valence-electron chi connectivity index (χ4n) is 3.94. The second-order valence-electron chi connectivity index (χ2n) is 8.39. The molecule has 1 fully saturated rings. The number of likely N-dealkylation sites (tertiary alicyclic amines) is 1. The van der Waals surface area contributed by atoms with E-state index in [0.717, 1.165) is 5.56 Å². The van der Waals surface area contributed by atoms with Gasteiger partial charge in [0.15, 0.2) is 0 Å². The molecule has 1 saturated heterocycles. The Balaban J connectivity index is 1.41. The molecule has 0 saturated carbocycles. The molecule has 1 aliphatic rings. The molecule has 1 aliphatic heterocycles. The summed E-state index contributed by atoms with van der Waals surface area (Å²) in [4.78, 5) is 27.5. The summed E-state index contributed by atoms with van der Waals surface area (Å²) in [6, 6.07) is 16.5. The average molecular weight is 482 g/mol. The lowest BCUT2D eigenvalue weighted by molar-refractivity contribution is -0.126. The second kappa shape index (κ2) is 10.1. The zero-order valence-corrected chi connectivity index (χ0v) is 19.7. The Bertz CT molecular complexity index is 1250. The van der Waals surface area contributed by atoms with Crippen LogP contribution in [0.25, 0.3) is 0 Å². The van der Waals surface area contributed by atoms with Crippen molar-refractivity contribution < 1.29 is 22.4 Å². The monoisotopic (exact) mass is 481 g/mol. The van der Waals surface area contributed by atoms with Crippen molar-refractivity contribution in [3.63, 3.8) is 0 Å². The molecular weight excluding hydrogens is 454 g/mol. The number of aryl methyl sites for hydroxylation is 1. The molecule has 2 N–H and O–H groups in total. The van der Waals surface area contributed by atoms with Crippen LogP contribution in [0.2, 0.25) is 0 Å². The van der Waals surface area contributed by atoms with E-state index < -0.39 is 10.0 Å². The van der Waals surface area contributed by atoms with E-state index in [9.17, 15) is 18.0 Å². The van der Waals surface area contributed by atoms with Crippen molar-refractivity contribution in [3.05, 3.63) is 83.8 Å². The molecule has 0 spiro atoms. The Morgan fingerprint density at radius 1 is 1.09 bits per heavy atom. The number of carbonyl (C=O) groups excluding carboxylic acids is 2. The molecule has 1 unspecified atom stereocenters. The number of nitrogens with zero attached hydrogens (tertiary/aromatic N) is 1. The van der Waals surface area contributed by atoms with Gasteiger partial charge in [-0.3, -0.25) is 14.3 Å². The third-order valence-electron chi connectivity index (χ3n) is 5.79. The highest BCUT2D eigenvalue weighted by Gasteiger charge is 2.29. The van der Waals surface area contributed by atoms with Gasteiger partial charge >= 0.3 is 0 Å². The first-order chi connectivity index (χ1) is 16.3. The van der Waals surface area contributed by atoms with Crippen molar-refractivity contribution >= 4 is 27.5 Å². The van der Waals surface area contributed by atoms with Crippen LogP contribution in [0.4, 0.5) is 5.69 Å². The van der Waals surface area contributed by atoms with Crippen LogP contribution in [0.15, 0.2) is 76.2 Å². The lowest BCUT2D eigenvalue weighted by atomic mass is 9.96. The van der Waals surface area contributed by atoms with Gasteiger partial charge in [-0.15, -0.1) is 0 Å². The maximum atomic E-state index is 13.1. The Morgan fingerprint density at radius 2 is 1.88 bits per heavy atom. The Hall–Kier alpha value is -3.59. The van der Waals surface area contributed by atoms with Crippen LogP contribution in [0.5, 0.6) is 0 Å². The summed E-state index contributed by atoms with van der Waals surface area (Å²) >= 11 is 0. The topological polar surface area (TPSA) is 109 Å². The van der Waals surface area contributed by atoms with E-state index >= 15 is 0 Å². The van der Waals surface area contributed by atoms with E-state index in [-0.39, 0.29) is 22.6 Å². The Labute approximate surface area is 199 Å². The molecule has 1 atom stereocenters. The van der Waals surface area contributed by atoms with E-state index in [2.05, 4.69) is 10.0 Å². The third kappa shape index (κ3) is 5.66. The van der Waals surface area contributed by atoms with Crippen molar-refractivity contribution in [2.45, 2.75) is 31.2 Å². The molecule has 2 amide bonds. The molecule has 9 heteroatoms. The predicted octanol–water partition coefficient (Wildman–Crippen LogP) is 3.56. The highest BCUT2D eigenvalue weighted by atomic mass is 32.2. The lowest BCUT2D eigenvalue weighted by Crippen LogP contribution is -2.45. The molecule has 4 rings (SSSR count). The summed E-state index contributed by atoms with van der Waals surface area (Å²) in [5.41, 5.74) is 1.62. The number of sulfonamides is 1. The van der Waals surface area contributed by atoms with Crippen LogP contribution < -0.4 is 10.0 Å². The van der Waals surface area contributed by atoms with Crippen LogP contribution in [0.3, 0.4) is 0 Å². The zero-order chi connectivity index (χ0) is 24.1. The summed E-state index contributed by atoms with van der Waals surface area (Å²) in [7, 11) is -3.78. The van der Waals surface area contributed by atoms with Crippen LogP contribution in [-0.2, 0) is 21.4 Å². The van der Waals surface area contributed by atoms with E-state index in [1.165, 1.54) is 18.2 Å². The molecule has 0 bridgehead atoms. The number of nitrogens with one attached hydrogen (secondary N) is 2. The molecule has 0 aliphatic carbocycles. The van der Waals surface area contributed by atoms with Gasteiger partial charge in [0.2, 0.25) is 5.91 Å². The molecule has 2 heterocycles. The molecule has 178 valence electrons. The lowest BCUT2D eigenvalue weighted by Gasteiger charge is -2.32. The van der Waals surface area contributed by atoms with E-state index in [4.69, 9.17) is 4.42 Å². The van der Waals surface area contributed by atoms with Gasteiger partial charge in [-0.1, -0.05) is 23.8 Å². The first-order valence-electron chi connectivity index (χ1n) is 11.1. The minimum atomic E-state index is -3.78. The second-order valence-corrected chi connectivity index (χ2v) is 10.1. The number of amides is 2. The fourth-order valence-corrected chi connectivity index (χ4v) is 4.99. The van der Waals surface area contributed by atoms with Gasteiger partial charge in [0.05, 0.1) is 23.6 Å². The number of carbonyl (C=O) groups is 2. The predicted molar refractivity (Wildman–Crippen MR) is 128 cm³/mol. The van der Waals surface area contributed by atoms with Gasteiger partial charge < -0.3 is 14.6 Å². The maximum absolute atomic E-state index is 13.1. The van der Waals surface area contributed by atoms with Gasteiger partial charge in [-0.25, -0.2) is 8.42 Å². The Kier molecular flexibility index (Phi) is 7.02. The van der Waals surface area contributed by atoms with Gasteiger partial charge in [0, 0.05) is 24.3 Å². The van der Waals surface area contributed by atoms with Crippen molar-refractivity contribution in [3.8, 4) is 0 Å². The molecule has 1 aromatic heterocycles. The van der Waals surface area contributed by atoms with Crippen molar-refractivity contribution in [1.29, 1.82) is 0 Å². The van der Waals surface area contributed by atoms with Crippen molar-refractivity contribution in [1.82, 2.24) is 10.2 Å². The number of hydrogen-bond donors (Lipinski definition) is 2. The highest BCUT2D eigenvalue weighted by Crippen LogP contribution is 2.22. The van der Waals surface area contributed by atoms with Crippen LogP contribution in [-0.4, -0.2) is 38.2 Å². The first-order valence-corrected chi connectivity index (χ1v) is 12.6. The van der Waals surface area contributed by atoms with Crippen LogP contribution >= 0.6 is 0 Å². The normalized spacial score (nSPS) is 16.1. The van der Waals surface area contributed by atoms with E-state index in [1.54, 1.807) is 53.6 Å². The van der Waals surface area contributed by atoms with Crippen molar-refractivity contribution in [2.75, 3.05) is 17.8 Å². The van der Waals surface area contributed by atoms with Crippen LogP contribution in [0.1, 0.15) is 34.5 Å². The molecule has 34 heavy (non-hydrogen) atoms. The summed E-state index contributed by atoms with van der Waals surface area (Å²) < 4.78 is 33.2. The number of hydrogen-bond acceptors (Lipinski definition) is 5. The maximum Gasteiger partial charge on any atom is 0.261 e. The van der Waals surface area contributed by atoms with Crippen LogP contribution in [0, 0.1) is 12.8 Å². The van der Waals surface area contributed by atoms with Gasteiger partial charge in [0.25, 0.3) is 15.9 Å². The first kappa shape index (κ1) is 23.6. The zero-order valence-electron chi connectivity index (χ0n) is 18.9. The fraction of sp³-hybridized carbons (Fsp3) is 0.280. The van der Waals surface area contributed by atoms with Gasteiger partial charge in [0.1, 0.15) is 5.76 Å². The quantitative estimate of drug-likeness (QED) is 0.536. The molecule has 0 radical (unpaired) electrons. The summed E-state index contributed by atoms with van der Waals surface area (Å²) in [6.07, 6.45) is 2.96. The van der Waals surface area contributed by atoms with Gasteiger partial charge in [-0.05, 0) is 62.2 Å². The molecule has 2 aromatic carbocycles. The average Bonchev–Trinajstić information content (AvgIpc) is 3.36. The summed E-state index contributed by atoms with van der Waals surface area (Å²) in [6.45, 7) is 3.04. The number of rotatable bonds is 7. The third-order valence-corrected chi connectivity index (χ3v) is 7.19. The Morgan fingerprint density at radius 3 is 2.62 bits per heavy atom. The number of benzene rings is 2. The largest absolute Gasteiger partial charge is 0.467 e. The number of furan rings is 1. The van der Waals surface area contributed by atoms with Crippen molar-refractivity contribution in [2.24, 2.45) is 5.92 Å². The summed E-state index contributed by atoms with van der Waals surface area (Å²) in [5, 5.41) is 2.86. The molecule has 3 aromatic rings. The standard InChI is InChI=1S/C25H27N3O5S/c1-18-9-11-23(12-10-18)34(31,32)27-21-7-2-5-19(15-21)25(30)28-13-3-6-20(17-28)24(29)26-16-22-8-4-14-33-22/h2,4-5,7-12,14-15,20,27H,3,6,13,16-17H2,1H3,(H,26,29). The number of piperidine rings is 1. The smallest absolute Gasteiger partial charge is 0.261 e. The number of anilines is 1.